The van der Waals surface area contributed by atoms with Crippen LogP contribution in [0.5, 0.6) is 0 Å². The summed E-state index contributed by atoms with van der Waals surface area (Å²) < 4.78 is 0. The summed E-state index contributed by atoms with van der Waals surface area (Å²) in [7, 11) is 0. The molecule has 1 atom stereocenters. The van der Waals surface area contributed by atoms with E-state index >= 15 is 0 Å². The van der Waals surface area contributed by atoms with Crippen LogP contribution in [0, 0.1) is 21.4 Å². The van der Waals surface area contributed by atoms with Gasteiger partial charge in [-0.3, -0.25) is 14.9 Å². The van der Waals surface area contributed by atoms with Crippen molar-refractivity contribution in [2.24, 2.45) is 0 Å². The minimum Gasteiger partial charge on any atom is -0.394 e. The molecule has 0 aliphatic carbocycles. The van der Waals surface area contributed by atoms with Gasteiger partial charge in [-0.1, -0.05) is 18.5 Å². The van der Waals surface area contributed by atoms with Crippen molar-refractivity contribution in [3.63, 3.8) is 0 Å². The Morgan fingerprint density at radius 1 is 1.61 bits per heavy atom. The maximum absolute atomic E-state index is 12.0. The number of nitriles is 1. The van der Waals surface area contributed by atoms with Gasteiger partial charge < -0.3 is 15.7 Å². The first kappa shape index (κ1) is 18.4. The largest absolute Gasteiger partial charge is 0.394 e. The highest BCUT2D eigenvalue weighted by Gasteiger charge is 2.15. The first-order valence-corrected chi connectivity index (χ1v) is 7.03. The van der Waals surface area contributed by atoms with Crippen LogP contribution in [0.4, 0.5) is 11.4 Å². The van der Waals surface area contributed by atoms with Gasteiger partial charge in [-0.15, -0.1) is 0 Å². The number of rotatable bonds is 7. The molecule has 0 aliphatic rings. The van der Waals surface area contributed by atoms with E-state index in [-0.39, 0.29) is 34.6 Å². The van der Waals surface area contributed by atoms with Gasteiger partial charge in [-0.05, 0) is 12.5 Å². The molecule has 23 heavy (non-hydrogen) atoms. The molecule has 1 aromatic rings. The van der Waals surface area contributed by atoms with Gasteiger partial charge in [0.05, 0.1) is 22.2 Å². The zero-order chi connectivity index (χ0) is 17.4. The van der Waals surface area contributed by atoms with Crippen LogP contribution < -0.4 is 10.6 Å². The summed E-state index contributed by atoms with van der Waals surface area (Å²) in [5, 5.41) is 34.0. The van der Waals surface area contributed by atoms with E-state index in [9.17, 15) is 14.9 Å². The Kier molecular flexibility index (Phi) is 6.99. The van der Waals surface area contributed by atoms with Gasteiger partial charge in [0.2, 0.25) is 0 Å². The van der Waals surface area contributed by atoms with Gasteiger partial charge in [0.25, 0.3) is 11.6 Å². The number of nitro benzene ring substituents is 1. The number of amides is 1. The molecular formula is C14H15ClN4O4. The first-order chi connectivity index (χ1) is 10.9. The molecule has 122 valence electrons. The molecule has 3 N–H and O–H groups in total. The van der Waals surface area contributed by atoms with E-state index < -0.39 is 10.8 Å². The lowest BCUT2D eigenvalue weighted by Gasteiger charge is -2.12. The van der Waals surface area contributed by atoms with Crippen molar-refractivity contribution in [1.82, 2.24) is 5.32 Å². The molecule has 0 heterocycles. The van der Waals surface area contributed by atoms with Gasteiger partial charge in [0, 0.05) is 24.4 Å². The molecule has 9 heteroatoms. The molecule has 0 saturated heterocycles. The normalized spacial score (nSPS) is 12.2. The molecule has 0 radical (unpaired) electrons. The van der Waals surface area contributed by atoms with Gasteiger partial charge in [-0.25, -0.2) is 0 Å². The summed E-state index contributed by atoms with van der Waals surface area (Å²) in [6.07, 6.45) is 1.79. The standard InChI is InChI=1S/C14H15ClN4O4/c1-2-10(8-20)17-7-9(6-16)14(21)18-13-5-11(19(22)23)3-4-12(13)15/h3-5,7,10,17,20H,2,8H2,1H3,(H,18,21)/b9-7-. The second-order valence-electron chi connectivity index (χ2n) is 4.50. The Morgan fingerprint density at radius 3 is 2.83 bits per heavy atom. The SMILES string of the molecule is CCC(CO)N/C=C(/C#N)C(=O)Nc1cc([N+](=O)[O-])ccc1Cl. The number of benzene rings is 1. The van der Waals surface area contributed by atoms with E-state index in [0.717, 1.165) is 6.07 Å². The van der Waals surface area contributed by atoms with E-state index in [0.29, 0.717) is 6.42 Å². The molecule has 0 fully saturated rings. The average molecular weight is 339 g/mol. The van der Waals surface area contributed by atoms with Gasteiger partial charge in [0.15, 0.2) is 0 Å². The number of non-ortho nitro benzene ring substituents is 1. The zero-order valence-corrected chi connectivity index (χ0v) is 13.0. The minimum atomic E-state index is -0.768. The number of nitrogens with zero attached hydrogens (tertiary/aromatic N) is 2. The Labute approximate surface area is 137 Å². The number of carbonyl (C=O) groups is 1. The van der Waals surface area contributed by atoms with Gasteiger partial charge in [-0.2, -0.15) is 5.26 Å². The van der Waals surface area contributed by atoms with Crippen LogP contribution in [0.25, 0.3) is 0 Å². The number of hydrogen-bond acceptors (Lipinski definition) is 6. The number of anilines is 1. The molecule has 1 aromatic carbocycles. The predicted octanol–water partition coefficient (Wildman–Crippen LogP) is 1.95. The molecule has 0 aromatic heterocycles. The summed E-state index contributed by atoms with van der Waals surface area (Å²) >= 11 is 5.88. The quantitative estimate of drug-likeness (QED) is 0.301. The molecule has 1 rings (SSSR count). The highest BCUT2D eigenvalue weighted by Crippen LogP contribution is 2.26. The van der Waals surface area contributed by atoms with Gasteiger partial charge >= 0.3 is 0 Å². The van der Waals surface area contributed by atoms with Crippen molar-refractivity contribution in [2.75, 3.05) is 11.9 Å². The number of aliphatic hydroxyl groups is 1. The summed E-state index contributed by atoms with van der Waals surface area (Å²) in [5.74, 6) is -0.768. The Hall–Kier alpha value is -2.63. The van der Waals surface area contributed by atoms with Crippen LogP contribution in [0.1, 0.15) is 13.3 Å². The van der Waals surface area contributed by atoms with Crippen molar-refractivity contribution in [2.45, 2.75) is 19.4 Å². The summed E-state index contributed by atoms with van der Waals surface area (Å²) in [6.45, 7) is 1.68. The van der Waals surface area contributed by atoms with Crippen molar-refractivity contribution in [1.29, 1.82) is 5.26 Å². The van der Waals surface area contributed by atoms with E-state index in [1.807, 2.05) is 6.92 Å². The van der Waals surface area contributed by atoms with Crippen LogP contribution in [0.3, 0.4) is 0 Å². The molecule has 0 bridgehead atoms. The fourth-order valence-electron chi connectivity index (χ4n) is 1.56. The van der Waals surface area contributed by atoms with Crippen LogP contribution in [-0.2, 0) is 4.79 Å². The van der Waals surface area contributed by atoms with Crippen LogP contribution in [0.2, 0.25) is 5.02 Å². The minimum absolute atomic E-state index is 0.0289. The fourth-order valence-corrected chi connectivity index (χ4v) is 1.73. The van der Waals surface area contributed by atoms with Crippen LogP contribution >= 0.6 is 11.6 Å². The van der Waals surface area contributed by atoms with Crippen molar-refractivity contribution in [3.8, 4) is 6.07 Å². The number of aliphatic hydroxyl groups excluding tert-OH is 1. The molecule has 1 amide bonds. The van der Waals surface area contributed by atoms with Crippen molar-refractivity contribution < 1.29 is 14.8 Å². The smallest absolute Gasteiger partial charge is 0.271 e. The zero-order valence-electron chi connectivity index (χ0n) is 12.2. The summed E-state index contributed by atoms with van der Waals surface area (Å²) in [6, 6.07) is 5.01. The number of nitro groups is 1. The lowest BCUT2D eigenvalue weighted by molar-refractivity contribution is -0.384. The second-order valence-corrected chi connectivity index (χ2v) is 4.91. The molecule has 0 aliphatic heterocycles. The van der Waals surface area contributed by atoms with E-state index in [1.165, 1.54) is 18.3 Å². The Balaban J connectivity index is 2.93. The third-order valence-electron chi connectivity index (χ3n) is 2.95. The van der Waals surface area contributed by atoms with Crippen LogP contribution in [0.15, 0.2) is 30.0 Å². The highest BCUT2D eigenvalue weighted by atomic mass is 35.5. The van der Waals surface area contributed by atoms with Crippen molar-refractivity contribution in [3.05, 3.63) is 45.1 Å². The number of hydrogen-bond donors (Lipinski definition) is 3. The molecule has 0 saturated carbocycles. The van der Waals surface area contributed by atoms with E-state index in [4.69, 9.17) is 22.0 Å². The fraction of sp³-hybridized carbons (Fsp3) is 0.286. The molecular weight excluding hydrogens is 324 g/mol. The monoisotopic (exact) mass is 338 g/mol. The molecule has 8 nitrogen and oxygen atoms in total. The first-order valence-electron chi connectivity index (χ1n) is 6.65. The Morgan fingerprint density at radius 2 is 2.30 bits per heavy atom. The maximum Gasteiger partial charge on any atom is 0.271 e. The highest BCUT2D eigenvalue weighted by molar-refractivity contribution is 6.34. The number of nitrogens with one attached hydrogen (secondary N) is 2. The Bertz CT molecular complexity index is 665. The lowest BCUT2D eigenvalue weighted by Crippen LogP contribution is -2.28. The lowest BCUT2D eigenvalue weighted by atomic mass is 10.2. The van der Waals surface area contributed by atoms with Crippen molar-refractivity contribution >= 4 is 28.9 Å². The average Bonchev–Trinajstić information content (AvgIpc) is 2.53. The second kappa shape index (κ2) is 8.73. The summed E-state index contributed by atoms with van der Waals surface area (Å²) in [5.41, 5.74) is -0.461. The van der Waals surface area contributed by atoms with E-state index in [2.05, 4.69) is 10.6 Å². The topological polar surface area (TPSA) is 128 Å². The number of carbonyl (C=O) groups excluding carboxylic acids is 1. The molecule has 1 unspecified atom stereocenters. The molecule has 0 spiro atoms. The maximum atomic E-state index is 12.0. The van der Waals surface area contributed by atoms with Crippen LogP contribution in [-0.4, -0.2) is 28.6 Å². The predicted molar refractivity (Wildman–Crippen MR) is 84.7 cm³/mol. The van der Waals surface area contributed by atoms with Gasteiger partial charge in [0.1, 0.15) is 11.6 Å². The number of halogens is 1. The van der Waals surface area contributed by atoms with E-state index in [1.54, 1.807) is 6.07 Å². The summed E-state index contributed by atoms with van der Waals surface area (Å²) in [4.78, 5) is 22.1. The third-order valence-corrected chi connectivity index (χ3v) is 3.28. The third kappa shape index (κ3) is 5.25.